The number of nitrogens with zero attached hydrogens (tertiary/aromatic N) is 4. The molecule has 11 heteroatoms. The van der Waals surface area contributed by atoms with Crippen LogP contribution in [0.15, 0.2) is 0 Å². The summed E-state index contributed by atoms with van der Waals surface area (Å²) < 4.78 is 0. The monoisotopic (exact) mass is 543 g/mol. The molecule has 1 aliphatic rings. The predicted molar refractivity (Wildman–Crippen MR) is 91.1 cm³/mol. The SMILES string of the molecule is CCCN1CCN(CC(=O)[O-])CCN(CC(=O)[O-])CCN(CC(=O)[O-])CC1.[Gd+3]. The number of carboxylic acid groups (broad SMARTS) is 3. The molecule has 0 amide bonds. The summed E-state index contributed by atoms with van der Waals surface area (Å²) >= 11 is 0. The van der Waals surface area contributed by atoms with Crippen LogP contribution in [0.5, 0.6) is 0 Å². The van der Waals surface area contributed by atoms with Crippen LogP contribution in [-0.2, 0) is 14.4 Å². The van der Waals surface area contributed by atoms with Crippen molar-refractivity contribution in [3.8, 4) is 0 Å². The van der Waals surface area contributed by atoms with E-state index in [1.165, 1.54) is 0 Å². The Morgan fingerprint density at radius 1 is 0.607 bits per heavy atom. The van der Waals surface area contributed by atoms with Crippen molar-refractivity contribution in [2.45, 2.75) is 13.3 Å². The van der Waals surface area contributed by atoms with Crippen LogP contribution in [0, 0.1) is 39.9 Å². The fraction of sp³-hybridized carbons (Fsp3) is 0.824. The normalized spacial score (nSPS) is 19.2. The molecule has 0 bridgehead atoms. The first-order valence-corrected chi connectivity index (χ1v) is 9.29. The molecule has 1 rings (SSSR count). The molecule has 0 aromatic carbocycles. The third-order valence-corrected chi connectivity index (χ3v) is 4.53. The second kappa shape index (κ2) is 15.4. The molecule has 0 atom stereocenters. The third-order valence-electron chi connectivity index (χ3n) is 4.53. The number of carbonyl (C=O) groups is 3. The van der Waals surface area contributed by atoms with Gasteiger partial charge in [-0.05, 0) is 13.0 Å². The summed E-state index contributed by atoms with van der Waals surface area (Å²) in [5.74, 6) is -3.57. The summed E-state index contributed by atoms with van der Waals surface area (Å²) in [6.45, 7) is 5.89. The molecular weight excluding hydrogens is 513 g/mol. The fourth-order valence-corrected chi connectivity index (χ4v) is 3.14. The Hall–Kier alpha value is -0.425. The first kappa shape index (κ1) is 27.6. The second-order valence-corrected chi connectivity index (χ2v) is 6.79. The molecule has 1 saturated heterocycles. The first-order chi connectivity index (χ1) is 12.8. The Balaban J connectivity index is 0.00000729. The largest absolute Gasteiger partial charge is 3.00 e. The summed E-state index contributed by atoms with van der Waals surface area (Å²) in [5, 5.41) is 33.0. The Morgan fingerprint density at radius 2 is 0.857 bits per heavy atom. The van der Waals surface area contributed by atoms with Gasteiger partial charge < -0.3 is 34.6 Å². The van der Waals surface area contributed by atoms with E-state index in [0.717, 1.165) is 13.0 Å². The summed E-state index contributed by atoms with van der Waals surface area (Å²) in [6, 6.07) is 0. The van der Waals surface area contributed by atoms with Gasteiger partial charge in [0.25, 0.3) is 0 Å². The number of carbonyl (C=O) groups excluding carboxylic acids is 3. The van der Waals surface area contributed by atoms with Gasteiger partial charge in [-0.1, -0.05) is 6.92 Å². The maximum Gasteiger partial charge on any atom is 3.00 e. The van der Waals surface area contributed by atoms with E-state index in [9.17, 15) is 29.7 Å². The smallest absolute Gasteiger partial charge is 0.549 e. The van der Waals surface area contributed by atoms with Gasteiger partial charge in [0.1, 0.15) is 0 Å². The number of aliphatic carboxylic acids is 3. The van der Waals surface area contributed by atoms with Gasteiger partial charge in [0.05, 0.1) is 17.9 Å². The van der Waals surface area contributed by atoms with Gasteiger partial charge in [0.15, 0.2) is 0 Å². The Morgan fingerprint density at radius 3 is 1.07 bits per heavy atom. The van der Waals surface area contributed by atoms with Crippen LogP contribution < -0.4 is 15.3 Å². The van der Waals surface area contributed by atoms with Crippen molar-refractivity contribution < 1.29 is 69.6 Å². The van der Waals surface area contributed by atoms with Gasteiger partial charge in [-0.15, -0.1) is 0 Å². The standard InChI is InChI=1S/C17H32N4O6.Gd/c1-2-3-18-4-6-19(12-15(22)23)8-10-21(14-17(26)27)11-9-20(7-5-18)13-16(24)25;/h2-14H2,1H3,(H,22,23)(H,24,25)(H,26,27);/q;+3/p-3. The van der Waals surface area contributed by atoms with Crippen LogP contribution in [0.4, 0.5) is 0 Å². The molecule has 28 heavy (non-hydrogen) atoms. The molecule has 0 saturated carbocycles. The van der Waals surface area contributed by atoms with Crippen molar-refractivity contribution in [3.05, 3.63) is 0 Å². The van der Waals surface area contributed by atoms with E-state index in [0.29, 0.717) is 52.4 Å². The van der Waals surface area contributed by atoms with Crippen LogP contribution in [0.1, 0.15) is 13.3 Å². The maximum atomic E-state index is 11.0. The first-order valence-electron chi connectivity index (χ1n) is 9.29. The van der Waals surface area contributed by atoms with E-state index < -0.39 is 17.9 Å². The minimum Gasteiger partial charge on any atom is -0.549 e. The molecule has 0 spiro atoms. The Kier molecular flexibility index (Phi) is 15.2. The summed E-state index contributed by atoms with van der Waals surface area (Å²) in [6.07, 6.45) is 0.931. The van der Waals surface area contributed by atoms with E-state index in [-0.39, 0.29) is 59.6 Å². The molecule has 0 unspecified atom stereocenters. The summed E-state index contributed by atoms with van der Waals surface area (Å²) in [7, 11) is 0. The minimum atomic E-state index is -1.23. The van der Waals surface area contributed by atoms with Crippen LogP contribution in [0.3, 0.4) is 0 Å². The third kappa shape index (κ3) is 12.9. The molecule has 161 valence electrons. The van der Waals surface area contributed by atoms with Gasteiger partial charge in [0, 0.05) is 72.0 Å². The van der Waals surface area contributed by atoms with Crippen molar-refractivity contribution in [1.29, 1.82) is 0 Å². The zero-order chi connectivity index (χ0) is 20.2. The van der Waals surface area contributed by atoms with Gasteiger partial charge in [-0.3, -0.25) is 14.7 Å². The van der Waals surface area contributed by atoms with Gasteiger partial charge in [-0.2, -0.15) is 0 Å². The zero-order valence-electron chi connectivity index (χ0n) is 16.3. The fourth-order valence-electron chi connectivity index (χ4n) is 3.14. The number of hydrogen-bond acceptors (Lipinski definition) is 10. The molecular formula is C17H29GdN4O6. The van der Waals surface area contributed by atoms with Crippen molar-refractivity contribution in [3.63, 3.8) is 0 Å². The van der Waals surface area contributed by atoms with Gasteiger partial charge in [0.2, 0.25) is 0 Å². The van der Waals surface area contributed by atoms with Crippen LogP contribution in [0.25, 0.3) is 0 Å². The summed E-state index contributed by atoms with van der Waals surface area (Å²) in [5.41, 5.74) is 0. The van der Waals surface area contributed by atoms with Crippen molar-refractivity contribution in [1.82, 2.24) is 19.6 Å². The molecule has 0 aromatic heterocycles. The molecule has 1 radical (unpaired) electrons. The van der Waals surface area contributed by atoms with Crippen molar-refractivity contribution >= 4 is 17.9 Å². The second-order valence-electron chi connectivity index (χ2n) is 6.79. The van der Waals surface area contributed by atoms with E-state index in [1.807, 2.05) is 6.92 Å². The summed E-state index contributed by atoms with van der Waals surface area (Å²) in [4.78, 5) is 40.3. The number of carboxylic acids is 3. The van der Waals surface area contributed by atoms with Gasteiger partial charge >= 0.3 is 39.9 Å². The van der Waals surface area contributed by atoms with E-state index in [1.54, 1.807) is 14.7 Å². The van der Waals surface area contributed by atoms with Crippen LogP contribution in [-0.4, -0.2) is 116 Å². The minimum absolute atomic E-state index is 0. The molecule has 1 aliphatic heterocycles. The number of hydrogen-bond donors (Lipinski definition) is 0. The molecule has 10 nitrogen and oxygen atoms in total. The molecule has 0 aliphatic carbocycles. The molecule has 0 N–H and O–H groups in total. The molecule has 1 heterocycles. The Bertz CT molecular complexity index is 464. The quantitative estimate of drug-likeness (QED) is 0.293. The van der Waals surface area contributed by atoms with Crippen molar-refractivity contribution in [2.24, 2.45) is 0 Å². The van der Waals surface area contributed by atoms with Gasteiger partial charge in [-0.25, -0.2) is 0 Å². The zero-order valence-corrected chi connectivity index (χ0v) is 18.6. The molecule has 0 aromatic rings. The maximum absolute atomic E-state index is 11.0. The van der Waals surface area contributed by atoms with Crippen LogP contribution >= 0.6 is 0 Å². The van der Waals surface area contributed by atoms with E-state index >= 15 is 0 Å². The predicted octanol–water partition coefficient (Wildman–Crippen LogP) is -5.13. The van der Waals surface area contributed by atoms with E-state index in [4.69, 9.17) is 0 Å². The van der Waals surface area contributed by atoms with Crippen LogP contribution in [0.2, 0.25) is 0 Å². The van der Waals surface area contributed by atoms with Crippen molar-refractivity contribution in [2.75, 3.05) is 78.5 Å². The Labute approximate surface area is 198 Å². The molecule has 1 fully saturated rings. The average Bonchev–Trinajstić information content (AvgIpc) is 2.56. The number of rotatable bonds is 8. The average molecular weight is 543 g/mol. The topological polar surface area (TPSA) is 133 Å². The van der Waals surface area contributed by atoms with E-state index in [2.05, 4.69) is 4.90 Å².